The first-order valence-electron chi connectivity index (χ1n) is 5.51. The van der Waals surface area contributed by atoms with E-state index in [9.17, 15) is 0 Å². The highest BCUT2D eigenvalue weighted by Gasteiger charge is 2.11. The summed E-state index contributed by atoms with van der Waals surface area (Å²) < 4.78 is 10.6. The first-order valence-corrected chi connectivity index (χ1v) is 5.89. The standard InChI is InChI=1S/C10H15ClN4O2/c11-14-1-4-17-10-12-7-9(8-13-10)15-2-5-16-6-3-15/h7-8,14H,1-6H2. The van der Waals surface area contributed by atoms with Gasteiger partial charge in [0.25, 0.3) is 0 Å². The Morgan fingerprint density at radius 1 is 1.35 bits per heavy atom. The van der Waals surface area contributed by atoms with Gasteiger partial charge in [-0.2, -0.15) is 0 Å². The fraction of sp³-hybridized carbons (Fsp3) is 0.600. The summed E-state index contributed by atoms with van der Waals surface area (Å²) in [6.07, 6.45) is 3.53. The first-order chi connectivity index (χ1) is 8.40. The van der Waals surface area contributed by atoms with Gasteiger partial charge in [0.2, 0.25) is 0 Å². The summed E-state index contributed by atoms with van der Waals surface area (Å²) in [5.41, 5.74) is 0.996. The third-order valence-corrected chi connectivity index (χ3v) is 2.61. The van der Waals surface area contributed by atoms with Crippen LogP contribution in [0.3, 0.4) is 0 Å². The highest BCUT2D eigenvalue weighted by atomic mass is 35.5. The maximum atomic E-state index is 5.31. The van der Waals surface area contributed by atoms with Gasteiger partial charge in [-0.15, -0.1) is 0 Å². The van der Waals surface area contributed by atoms with Gasteiger partial charge in [0.1, 0.15) is 6.61 Å². The molecule has 1 saturated heterocycles. The van der Waals surface area contributed by atoms with E-state index in [1.165, 1.54) is 0 Å². The minimum atomic E-state index is 0.369. The van der Waals surface area contributed by atoms with Crippen molar-refractivity contribution in [2.24, 2.45) is 0 Å². The van der Waals surface area contributed by atoms with Gasteiger partial charge < -0.3 is 14.4 Å². The molecule has 0 amide bonds. The monoisotopic (exact) mass is 258 g/mol. The van der Waals surface area contributed by atoms with Crippen LogP contribution in [-0.2, 0) is 4.74 Å². The molecule has 1 N–H and O–H groups in total. The number of ether oxygens (including phenoxy) is 2. The summed E-state index contributed by atoms with van der Waals surface area (Å²) in [6, 6.07) is 0.369. The van der Waals surface area contributed by atoms with Gasteiger partial charge >= 0.3 is 6.01 Å². The predicted octanol–water partition coefficient (Wildman–Crippen LogP) is 0.435. The van der Waals surface area contributed by atoms with Crippen LogP contribution in [0, 0.1) is 0 Å². The number of aromatic nitrogens is 2. The van der Waals surface area contributed by atoms with Crippen molar-refractivity contribution >= 4 is 17.5 Å². The van der Waals surface area contributed by atoms with Gasteiger partial charge in [-0.25, -0.2) is 14.8 Å². The molecule has 1 aromatic heterocycles. The molecule has 1 aromatic rings. The predicted molar refractivity (Wildman–Crippen MR) is 64.4 cm³/mol. The Balaban J connectivity index is 1.88. The van der Waals surface area contributed by atoms with Crippen molar-refractivity contribution in [3.63, 3.8) is 0 Å². The van der Waals surface area contributed by atoms with E-state index < -0.39 is 0 Å². The zero-order chi connectivity index (χ0) is 11.9. The van der Waals surface area contributed by atoms with Crippen LogP contribution in [0.4, 0.5) is 5.69 Å². The van der Waals surface area contributed by atoms with Crippen molar-refractivity contribution < 1.29 is 9.47 Å². The molecule has 7 heteroatoms. The van der Waals surface area contributed by atoms with Gasteiger partial charge in [0.05, 0.1) is 31.3 Å². The average Bonchev–Trinajstić information content (AvgIpc) is 2.41. The van der Waals surface area contributed by atoms with E-state index >= 15 is 0 Å². The van der Waals surface area contributed by atoms with Crippen LogP contribution in [0.1, 0.15) is 0 Å². The minimum absolute atomic E-state index is 0.369. The van der Waals surface area contributed by atoms with Crippen LogP contribution in [0.15, 0.2) is 12.4 Å². The van der Waals surface area contributed by atoms with Crippen molar-refractivity contribution in [3.8, 4) is 6.01 Å². The lowest BCUT2D eigenvalue weighted by Gasteiger charge is -2.28. The molecule has 0 spiro atoms. The lowest BCUT2D eigenvalue weighted by Crippen LogP contribution is -2.36. The molecule has 6 nitrogen and oxygen atoms in total. The summed E-state index contributed by atoms with van der Waals surface area (Å²) in [7, 11) is 0. The van der Waals surface area contributed by atoms with E-state index in [0.717, 1.165) is 32.0 Å². The van der Waals surface area contributed by atoms with Gasteiger partial charge in [0.15, 0.2) is 0 Å². The highest BCUT2D eigenvalue weighted by Crippen LogP contribution is 2.14. The third-order valence-electron chi connectivity index (χ3n) is 2.42. The molecule has 0 unspecified atom stereocenters. The second-order valence-electron chi connectivity index (χ2n) is 3.56. The minimum Gasteiger partial charge on any atom is -0.462 e. The normalized spacial score (nSPS) is 15.9. The molecular weight excluding hydrogens is 244 g/mol. The second-order valence-corrected chi connectivity index (χ2v) is 3.82. The summed E-state index contributed by atoms with van der Waals surface area (Å²) in [5.74, 6) is 0. The van der Waals surface area contributed by atoms with Crippen LogP contribution < -0.4 is 14.5 Å². The highest BCUT2D eigenvalue weighted by molar-refractivity contribution is 6.13. The zero-order valence-electron chi connectivity index (χ0n) is 9.43. The number of anilines is 1. The molecule has 0 aliphatic carbocycles. The summed E-state index contributed by atoms with van der Waals surface area (Å²) >= 11 is 5.31. The Labute approximate surface area is 105 Å². The van der Waals surface area contributed by atoms with E-state index in [2.05, 4.69) is 19.7 Å². The molecule has 2 rings (SSSR count). The lowest BCUT2D eigenvalue weighted by molar-refractivity contribution is 0.122. The zero-order valence-corrected chi connectivity index (χ0v) is 10.2. The molecule has 0 radical (unpaired) electrons. The van der Waals surface area contributed by atoms with E-state index in [1.807, 2.05) is 0 Å². The molecule has 1 aliphatic rings. The summed E-state index contributed by atoms with van der Waals surface area (Å²) in [5, 5.41) is 0. The number of hydrogen-bond donors (Lipinski definition) is 1. The van der Waals surface area contributed by atoms with Crippen molar-refractivity contribution in [1.82, 2.24) is 14.8 Å². The molecular formula is C10H15ClN4O2. The Morgan fingerprint density at radius 2 is 2.06 bits per heavy atom. The van der Waals surface area contributed by atoms with E-state index in [-0.39, 0.29) is 0 Å². The van der Waals surface area contributed by atoms with Gasteiger partial charge in [-0.3, -0.25) is 0 Å². The molecule has 94 valence electrons. The number of nitrogens with zero attached hydrogens (tertiary/aromatic N) is 3. The summed E-state index contributed by atoms with van der Waals surface area (Å²) in [6.45, 7) is 4.25. The first kappa shape index (κ1) is 12.3. The Kier molecular flexibility index (Phi) is 4.78. The molecule has 2 heterocycles. The van der Waals surface area contributed by atoms with Crippen molar-refractivity contribution in [2.45, 2.75) is 0 Å². The van der Waals surface area contributed by atoms with Crippen molar-refractivity contribution in [2.75, 3.05) is 44.4 Å². The summed E-state index contributed by atoms with van der Waals surface area (Å²) in [4.78, 5) is 12.9. The number of morpholine rings is 1. The Bertz CT molecular complexity index is 330. The fourth-order valence-corrected chi connectivity index (χ4v) is 1.63. The van der Waals surface area contributed by atoms with Gasteiger partial charge in [-0.1, -0.05) is 0 Å². The number of halogens is 1. The number of nitrogens with one attached hydrogen (secondary N) is 1. The average molecular weight is 259 g/mol. The smallest absolute Gasteiger partial charge is 0.316 e. The van der Waals surface area contributed by atoms with Gasteiger partial charge in [-0.05, 0) is 11.8 Å². The molecule has 17 heavy (non-hydrogen) atoms. The fourth-order valence-electron chi connectivity index (χ4n) is 1.55. The third kappa shape index (κ3) is 3.69. The van der Waals surface area contributed by atoms with Gasteiger partial charge in [0, 0.05) is 19.6 Å². The molecule has 1 fully saturated rings. The van der Waals surface area contributed by atoms with Crippen LogP contribution in [0.2, 0.25) is 0 Å². The molecule has 1 aliphatic heterocycles. The van der Waals surface area contributed by atoms with E-state index in [0.29, 0.717) is 19.2 Å². The quantitative estimate of drug-likeness (QED) is 0.611. The SMILES string of the molecule is ClNCCOc1ncc(N2CCOCC2)cn1. The molecule has 0 saturated carbocycles. The van der Waals surface area contributed by atoms with Crippen LogP contribution in [-0.4, -0.2) is 49.4 Å². The van der Waals surface area contributed by atoms with Crippen LogP contribution >= 0.6 is 11.8 Å². The van der Waals surface area contributed by atoms with E-state index in [4.69, 9.17) is 21.3 Å². The molecule has 0 bridgehead atoms. The Morgan fingerprint density at radius 3 is 2.71 bits per heavy atom. The van der Waals surface area contributed by atoms with Crippen molar-refractivity contribution in [1.29, 1.82) is 0 Å². The number of rotatable bonds is 5. The second kappa shape index (κ2) is 6.58. The number of hydrogen-bond acceptors (Lipinski definition) is 6. The largest absolute Gasteiger partial charge is 0.462 e. The van der Waals surface area contributed by atoms with Crippen LogP contribution in [0.5, 0.6) is 6.01 Å². The lowest BCUT2D eigenvalue weighted by atomic mass is 10.4. The maximum Gasteiger partial charge on any atom is 0.316 e. The Hall–Kier alpha value is -1.11. The maximum absolute atomic E-state index is 5.31. The topological polar surface area (TPSA) is 59.5 Å². The molecule has 0 atom stereocenters. The van der Waals surface area contributed by atoms with E-state index in [1.54, 1.807) is 12.4 Å². The molecule has 0 aromatic carbocycles. The van der Waals surface area contributed by atoms with Crippen LogP contribution in [0.25, 0.3) is 0 Å². The van der Waals surface area contributed by atoms with Crippen molar-refractivity contribution in [3.05, 3.63) is 12.4 Å².